The fourth-order valence-corrected chi connectivity index (χ4v) is 1.40. The number of amides is 3. The van der Waals surface area contributed by atoms with E-state index in [0.29, 0.717) is 13.2 Å². The molecule has 2 unspecified atom stereocenters. The lowest BCUT2D eigenvalue weighted by Crippen LogP contribution is -2.51. The molecule has 9 nitrogen and oxygen atoms in total. The van der Waals surface area contributed by atoms with Crippen LogP contribution in [0.4, 0.5) is 4.79 Å². The van der Waals surface area contributed by atoms with Gasteiger partial charge in [0, 0.05) is 20.2 Å². The van der Waals surface area contributed by atoms with Crippen LogP contribution in [0.1, 0.15) is 20.3 Å². The zero-order chi connectivity index (χ0) is 16.5. The molecule has 0 bridgehead atoms. The maximum Gasteiger partial charge on any atom is 0.315 e. The average molecular weight is 305 g/mol. The average Bonchev–Trinajstić information content (AvgIpc) is 2.35. The molecule has 3 amide bonds. The molecule has 0 heterocycles. The number of carboxylic acid groups (broad SMARTS) is 1. The van der Waals surface area contributed by atoms with Crippen LogP contribution in [0, 0.1) is 0 Å². The smallest absolute Gasteiger partial charge is 0.315 e. The first-order valence-corrected chi connectivity index (χ1v) is 6.43. The molecule has 0 radical (unpaired) electrons. The zero-order valence-electron chi connectivity index (χ0n) is 12.4. The van der Waals surface area contributed by atoms with Crippen molar-refractivity contribution in [2.24, 2.45) is 0 Å². The lowest BCUT2D eigenvalue weighted by atomic mass is 10.0. The van der Waals surface area contributed by atoms with Crippen LogP contribution in [0.2, 0.25) is 0 Å². The topological polar surface area (TPSA) is 137 Å². The quantitative estimate of drug-likeness (QED) is 0.334. The highest BCUT2D eigenvalue weighted by atomic mass is 16.5. The van der Waals surface area contributed by atoms with Crippen molar-refractivity contribution in [1.29, 1.82) is 0 Å². The highest BCUT2D eigenvalue weighted by Crippen LogP contribution is 2.07. The van der Waals surface area contributed by atoms with E-state index in [1.807, 2.05) is 0 Å². The summed E-state index contributed by atoms with van der Waals surface area (Å²) in [5, 5.41) is 25.5. The number of rotatable bonds is 9. The number of aliphatic hydroxyl groups is 1. The Morgan fingerprint density at radius 1 is 1.29 bits per heavy atom. The van der Waals surface area contributed by atoms with Crippen LogP contribution in [0.15, 0.2) is 0 Å². The van der Waals surface area contributed by atoms with E-state index in [1.165, 1.54) is 21.0 Å². The maximum absolute atomic E-state index is 11.6. The number of carbonyl (C=O) groups is 3. The molecule has 122 valence electrons. The second-order valence-electron chi connectivity index (χ2n) is 4.90. The summed E-state index contributed by atoms with van der Waals surface area (Å²) >= 11 is 0. The molecule has 0 rings (SSSR count). The minimum absolute atomic E-state index is 0.247. The highest BCUT2D eigenvalue weighted by molar-refractivity contribution is 5.86. The van der Waals surface area contributed by atoms with Crippen LogP contribution < -0.4 is 16.0 Å². The lowest BCUT2D eigenvalue weighted by molar-refractivity contribution is -0.141. The third kappa shape index (κ3) is 9.63. The van der Waals surface area contributed by atoms with E-state index in [4.69, 9.17) is 9.84 Å². The van der Waals surface area contributed by atoms with Gasteiger partial charge in [0.2, 0.25) is 5.91 Å². The predicted molar refractivity (Wildman–Crippen MR) is 73.8 cm³/mol. The summed E-state index contributed by atoms with van der Waals surface area (Å²) in [6, 6.07) is -1.44. The minimum atomic E-state index is -1.56. The van der Waals surface area contributed by atoms with Crippen molar-refractivity contribution >= 4 is 17.9 Å². The Hall–Kier alpha value is -1.87. The fraction of sp³-hybridized carbons (Fsp3) is 0.750. The van der Waals surface area contributed by atoms with Gasteiger partial charge in [0.25, 0.3) is 0 Å². The molecule has 21 heavy (non-hydrogen) atoms. The van der Waals surface area contributed by atoms with Crippen LogP contribution in [0.3, 0.4) is 0 Å². The van der Waals surface area contributed by atoms with Gasteiger partial charge in [-0.25, -0.2) is 4.79 Å². The van der Waals surface area contributed by atoms with Crippen LogP contribution in [0.25, 0.3) is 0 Å². The van der Waals surface area contributed by atoms with Gasteiger partial charge in [-0.1, -0.05) is 0 Å². The molecule has 0 saturated heterocycles. The molecule has 0 aromatic rings. The normalized spacial score (nSPS) is 14.7. The van der Waals surface area contributed by atoms with Crippen molar-refractivity contribution in [3.8, 4) is 0 Å². The number of aliphatic carboxylic acids is 1. The fourth-order valence-electron chi connectivity index (χ4n) is 1.40. The molecule has 0 spiro atoms. The van der Waals surface area contributed by atoms with E-state index < -0.39 is 30.1 Å². The summed E-state index contributed by atoms with van der Waals surface area (Å²) in [5.74, 6) is -1.55. The van der Waals surface area contributed by atoms with E-state index in [-0.39, 0.29) is 12.5 Å². The van der Waals surface area contributed by atoms with Gasteiger partial charge in [0.1, 0.15) is 6.04 Å². The molecular weight excluding hydrogens is 282 g/mol. The number of ether oxygens (including phenoxy) is 1. The Balaban J connectivity index is 4.07. The molecule has 0 aliphatic carbocycles. The van der Waals surface area contributed by atoms with Crippen LogP contribution in [0.5, 0.6) is 0 Å². The Morgan fingerprint density at radius 3 is 2.43 bits per heavy atom. The van der Waals surface area contributed by atoms with E-state index in [2.05, 4.69) is 16.0 Å². The maximum atomic E-state index is 11.6. The summed E-state index contributed by atoms with van der Waals surface area (Å²) in [5.41, 5.74) is -1.56. The Bertz CT molecular complexity index is 372. The Kier molecular flexibility index (Phi) is 8.32. The third-order valence-corrected chi connectivity index (χ3v) is 2.51. The first-order valence-electron chi connectivity index (χ1n) is 6.43. The molecule has 9 heteroatoms. The number of carboxylic acids is 1. The summed E-state index contributed by atoms with van der Waals surface area (Å²) < 4.78 is 4.77. The number of hydrogen-bond acceptors (Lipinski definition) is 5. The summed E-state index contributed by atoms with van der Waals surface area (Å²) in [6.45, 7) is 3.24. The van der Waals surface area contributed by atoms with Gasteiger partial charge >= 0.3 is 12.0 Å². The number of urea groups is 1. The Labute approximate surface area is 123 Å². The van der Waals surface area contributed by atoms with Crippen LogP contribution in [-0.4, -0.2) is 66.6 Å². The number of nitrogens with one attached hydrogen (secondary N) is 3. The van der Waals surface area contributed by atoms with E-state index in [0.717, 1.165) is 0 Å². The molecule has 0 fully saturated rings. The zero-order valence-corrected chi connectivity index (χ0v) is 12.4. The molecule has 0 aromatic heterocycles. The Morgan fingerprint density at radius 2 is 1.90 bits per heavy atom. The molecule has 0 saturated carbocycles. The summed E-state index contributed by atoms with van der Waals surface area (Å²) in [6.07, 6.45) is -0.500. The second-order valence-corrected chi connectivity index (χ2v) is 4.90. The van der Waals surface area contributed by atoms with E-state index in [9.17, 15) is 19.5 Å². The SMILES string of the molecule is COCCNC(=O)C(C)NC(=O)NCC(C)(O)CC(=O)O. The molecule has 0 aromatic carbocycles. The van der Waals surface area contributed by atoms with Crippen molar-refractivity contribution < 1.29 is 29.3 Å². The molecule has 0 aliphatic heterocycles. The first kappa shape index (κ1) is 19.1. The van der Waals surface area contributed by atoms with Crippen molar-refractivity contribution in [3.63, 3.8) is 0 Å². The van der Waals surface area contributed by atoms with Crippen molar-refractivity contribution in [1.82, 2.24) is 16.0 Å². The molecule has 2 atom stereocenters. The number of carbonyl (C=O) groups excluding carboxylic acids is 2. The van der Waals surface area contributed by atoms with Crippen LogP contribution in [-0.2, 0) is 14.3 Å². The van der Waals surface area contributed by atoms with Crippen LogP contribution >= 0.6 is 0 Å². The number of hydrogen-bond donors (Lipinski definition) is 5. The third-order valence-electron chi connectivity index (χ3n) is 2.51. The van der Waals surface area contributed by atoms with Gasteiger partial charge in [0.05, 0.1) is 18.6 Å². The standard InChI is InChI=1S/C12H23N3O6/c1-8(10(18)13-4-5-21-3)15-11(19)14-7-12(2,20)6-9(16)17/h8,20H,4-7H2,1-3H3,(H,13,18)(H,16,17)(H2,14,15,19). The minimum Gasteiger partial charge on any atom is -0.481 e. The summed E-state index contributed by atoms with van der Waals surface area (Å²) in [7, 11) is 1.50. The van der Waals surface area contributed by atoms with Crippen molar-refractivity contribution in [2.45, 2.75) is 31.9 Å². The lowest BCUT2D eigenvalue weighted by Gasteiger charge is -2.22. The monoisotopic (exact) mass is 305 g/mol. The highest BCUT2D eigenvalue weighted by Gasteiger charge is 2.25. The first-order chi connectivity index (χ1) is 9.68. The summed E-state index contributed by atoms with van der Waals surface area (Å²) in [4.78, 5) is 33.6. The molecule has 0 aliphatic rings. The van der Waals surface area contributed by atoms with E-state index in [1.54, 1.807) is 0 Å². The second kappa shape index (κ2) is 9.14. The van der Waals surface area contributed by atoms with Gasteiger partial charge in [-0.3, -0.25) is 9.59 Å². The van der Waals surface area contributed by atoms with Gasteiger partial charge in [-0.2, -0.15) is 0 Å². The van der Waals surface area contributed by atoms with Gasteiger partial charge < -0.3 is 30.9 Å². The van der Waals surface area contributed by atoms with Gasteiger partial charge in [0.15, 0.2) is 0 Å². The van der Waals surface area contributed by atoms with Crippen molar-refractivity contribution in [2.75, 3.05) is 26.8 Å². The van der Waals surface area contributed by atoms with Gasteiger partial charge in [-0.05, 0) is 13.8 Å². The largest absolute Gasteiger partial charge is 0.481 e. The number of methoxy groups -OCH3 is 1. The van der Waals surface area contributed by atoms with E-state index >= 15 is 0 Å². The molecular formula is C12H23N3O6. The molecule has 5 N–H and O–H groups in total. The van der Waals surface area contributed by atoms with Gasteiger partial charge in [-0.15, -0.1) is 0 Å². The van der Waals surface area contributed by atoms with Crippen molar-refractivity contribution in [3.05, 3.63) is 0 Å². The predicted octanol–water partition coefficient (Wildman–Crippen LogP) is -1.34.